The van der Waals surface area contributed by atoms with Gasteiger partial charge in [-0.3, -0.25) is 24.3 Å². The monoisotopic (exact) mass is 515 g/mol. The van der Waals surface area contributed by atoms with Crippen LogP contribution >= 0.6 is 11.3 Å². The number of non-ortho nitro benzene ring substituents is 1. The number of carbonyl (C=O) groups excluding carboxylic acids is 2. The van der Waals surface area contributed by atoms with E-state index >= 15 is 4.39 Å². The lowest BCUT2D eigenvalue weighted by molar-refractivity contribution is -0.385. The lowest BCUT2D eigenvalue weighted by Crippen LogP contribution is -2.08. The van der Waals surface area contributed by atoms with E-state index in [0.717, 1.165) is 28.0 Å². The normalized spacial score (nSPS) is 11.0. The van der Waals surface area contributed by atoms with Crippen molar-refractivity contribution in [3.8, 4) is 28.0 Å². The molecule has 3 heterocycles. The number of thiazole rings is 1. The Morgan fingerprint density at radius 1 is 1.28 bits per heavy atom. The highest BCUT2D eigenvalue weighted by Crippen LogP contribution is 2.45. The zero-order valence-corrected chi connectivity index (χ0v) is 19.7. The number of ketones is 1. The molecule has 4 aromatic rings. The minimum Gasteiger partial charge on any atom is -0.503 e. The number of hydrogen-bond acceptors (Lipinski definition) is 10. The number of rotatable bonds is 8. The maximum absolute atomic E-state index is 15.2. The van der Waals surface area contributed by atoms with Gasteiger partial charge in [-0.1, -0.05) is 0 Å². The Balaban J connectivity index is 1.94. The molecular weight excluding hydrogens is 497 g/mol. The maximum atomic E-state index is 15.2. The first-order valence-corrected chi connectivity index (χ1v) is 11.3. The average Bonchev–Trinajstić information content (AvgIpc) is 3.52. The summed E-state index contributed by atoms with van der Waals surface area (Å²) >= 11 is 0.941. The molecule has 0 spiro atoms. The third-order valence-corrected chi connectivity index (χ3v) is 5.97. The van der Waals surface area contributed by atoms with E-state index in [-0.39, 0.29) is 40.9 Å². The molecule has 0 fully saturated rings. The summed E-state index contributed by atoms with van der Waals surface area (Å²) in [4.78, 5) is 39.7. The van der Waals surface area contributed by atoms with E-state index in [9.17, 15) is 29.9 Å². The van der Waals surface area contributed by atoms with Crippen molar-refractivity contribution in [1.29, 1.82) is 0 Å². The van der Waals surface area contributed by atoms with E-state index in [4.69, 9.17) is 9.15 Å². The van der Waals surface area contributed by atoms with Gasteiger partial charge in [0.05, 0.1) is 41.0 Å². The largest absolute Gasteiger partial charge is 0.503 e. The summed E-state index contributed by atoms with van der Waals surface area (Å²) in [5.74, 6) is -3.99. The molecule has 2 N–H and O–H groups in total. The van der Waals surface area contributed by atoms with Crippen molar-refractivity contribution < 1.29 is 38.3 Å². The molecule has 13 heteroatoms. The van der Waals surface area contributed by atoms with Crippen molar-refractivity contribution in [3.05, 3.63) is 74.4 Å². The van der Waals surface area contributed by atoms with Crippen LogP contribution in [0, 0.1) is 22.9 Å². The third kappa shape index (κ3) is 4.43. The van der Waals surface area contributed by atoms with Gasteiger partial charge in [-0.15, -0.1) is 11.3 Å². The molecule has 3 aromatic heterocycles. The fraction of sp³-hybridized carbons (Fsp3) is 0.174. The van der Waals surface area contributed by atoms with Crippen molar-refractivity contribution >= 4 is 28.8 Å². The summed E-state index contributed by atoms with van der Waals surface area (Å²) < 4.78 is 26.3. The molecule has 0 atom stereocenters. The number of aryl methyl sites for hydroxylation is 1. The number of aromatic nitrogens is 2. The summed E-state index contributed by atoms with van der Waals surface area (Å²) in [5.41, 5.74) is -1.41. The van der Waals surface area contributed by atoms with Gasteiger partial charge in [0, 0.05) is 17.0 Å². The number of nitrogens with zero attached hydrogens (tertiary/aromatic N) is 3. The first-order chi connectivity index (χ1) is 17.1. The van der Waals surface area contributed by atoms with Crippen LogP contribution in [0.1, 0.15) is 34.5 Å². The minimum atomic E-state index is -1.09. The second kappa shape index (κ2) is 9.62. The van der Waals surface area contributed by atoms with Crippen molar-refractivity contribution in [3.63, 3.8) is 0 Å². The molecule has 186 valence electrons. The first-order valence-electron chi connectivity index (χ1n) is 10.4. The van der Waals surface area contributed by atoms with E-state index in [1.807, 2.05) is 0 Å². The fourth-order valence-corrected chi connectivity index (χ4v) is 4.36. The SMILES string of the molecule is CCOC(=O)Cc1csc(-n2c(O)c(O)c(C(=O)c3ccc(C)o3)c2-c2ccc([N+](=O)[O-])cc2F)n1. The maximum Gasteiger partial charge on any atom is 0.311 e. The molecule has 4 rings (SSSR count). The molecular formula is C23H18FN3O8S. The smallest absolute Gasteiger partial charge is 0.311 e. The minimum absolute atomic E-state index is 0.00970. The molecule has 0 amide bonds. The van der Waals surface area contributed by atoms with Crippen LogP contribution in [0.15, 0.2) is 40.1 Å². The van der Waals surface area contributed by atoms with E-state index < -0.39 is 45.4 Å². The first kappa shape index (κ1) is 24.6. The van der Waals surface area contributed by atoms with Gasteiger partial charge < -0.3 is 19.4 Å². The average molecular weight is 515 g/mol. The van der Waals surface area contributed by atoms with E-state index in [0.29, 0.717) is 11.8 Å². The highest BCUT2D eigenvalue weighted by molar-refractivity contribution is 7.12. The second-order valence-corrected chi connectivity index (χ2v) is 8.33. The van der Waals surface area contributed by atoms with Crippen molar-refractivity contribution in [2.24, 2.45) is 0 Å². The van der Waals surface area contributed by atoms with Gasteiger partial charge in [0.25, 0.3) is 5.69 Å². The highest BCUT2D eigenvalue weighted by Gasteiger charge is 2.33. The van der Waals surface area contributed by atoms with E-state index in [1.165, 1.54) is 17.5 Å². The molecule has 0 radical (unpaired) electrons. The van der Waals surface area contributed by atoms with Crippen molar-refractivity contribution in [1.82, 2.24) is 9.55 Å². The number of esters is 1. The standard InChI is InChI=1S/C23H18FN3O8S/c1-3-34-17(28)8-12-10-36-23(25-12)26-19(14-6-5-13(27(32)33)9-15(14)24)18(21(30)22(26)31)20(29)16-7-4-11(2)35-16/h4-7,9-10,30-31H,3,8H2,1-2H3. The lowest BCUT2D eigenvalue weighted by Gasteiger charge is -2.10. The summed E-state index contributed by atoms with van der Waals surface area (Å²) in [6, 6.07) is 5.58. The number of nitro benzene ring substituents is 1. The molecule has 0 unspecified atom stereocenters. The summed E-state index contributed by atoms with van der Waals surface area (Å²) in [6.45, 7) is 3.41. The zero-order chi connectivity index (χ0) is 26.1. The van der Waals surface area contributed by atoms with Gasteiger partial charge >= 0.3 is 5.97 Å². The number of furan rings is 1. The predicted octanol–water partition coefficient (Wildman–Crippen LogP) is 4.30. The molecule has 1 aromatic carbocycles. The number of aromatic hydroxyl groups is 2. The number of benzene rings is 1. The van der Waals surface area contributed by atoms with Crippen LogP contribution in [-0.4, -0.2) is 43.0 Å². The second-order valence-electron chi connectivity index (χ2n) is 7.50. The Hall–Kier alpha value is -4.52. The van der Waals surface area contributed by atoms with Gasteiger partial charge in [-0.2, -0.15) is 0 Å². The van der Waals surface area contributed by atoms with Gasteiger partial charge in [-0.25, -0.2) is 9.37 Å². The topological polar surface area (TPSA) is 158 Å². The van der Waals surface area contributed by atoms with Gasteiger partial charge in [0.1, 0.15) is 11.6 Å². The van der Waals surface area contributed by atoms with Gasteiger partial charge in [0.2, 0.25) is 11.7 Å². The Kier molecular flexibility index (Phi) is 6.57. The lowest BCUT2D eigenvalue weighted by atomic mass is 10.0. The van der Waals surface area contributed by atoms with E-state index in [2.05, 4.69) is 4.98 Å². The number of nitro groups is 1. The van der Waals surface area contributed by atoms with Crippen molar-refractivity contribution in [2.45, 2.75) is 20.3 Å². The fourth-order valence-electron chi connectivity index (χ4n) is 3.53. The molecule has 0 bridgehead atoms. The van der Waals surface area contributed by atoms with Crippen molar-refractivity contribution in [2.75, 3.05) is 6.61 Å². The number of halogens is 1. The molecule has 0 aliphatic rings. The summed E-state index contributed by atoms with van der Waals surface area (Å²) in [6.07, 6.45) is -0.183. The molecule has 0 aliphatic heterocycles. The van der Waals surface area contributed by atoms with E-state index in [1.54, 1.807) is 13.8 Å². The number of hydrogen-bond donors (Lipinski definition) is 2. The molecule has 11 nitrogen and oxygen atoms in total. The van der Waals surface area contributed by atoms with Crippen LogP contribution in [0.2, 0.25) is 0 Å². The molecule has 0 saturated heterocycles. The number of ether oxygens (including phenoxy) is 1. The zero-order valence-electron chi connectivity index (χ0n) is 18.9. The van der Waals surface area contributed by atoms with Gasteiger partial charge in [-0.05, 0) is 32.0 Å². The van der Waals surface area contributed by atoms with Crippen LogP contribution in [-0.2, 0) is 16.0 Å². The Labute approximate surface area is 206 Å². The molecule has 0 saturated carbocycles. The Bertz CT molecular complexity index is 1500. The Morgan fingerprint density at radius 2 is 2.03 bits per heavy atom. The summed E-state index contributed by atoms with van der Waals surface area (Å²) in [5, 5.41) is 34.1. The van der Waals surface area contributed by atoms with Crippen LogP contribution in [0.4, 0.5) is 10.1 Å². The third-order valence-electron chi connectivity index (χ3n) is 5.09. The van der Waals surface area contributed by atoms with Crippen LogP contribution in [0.25, 0.3) is 16.4 Å². The predicted molar refractivity (Wildman–Crippen MR) is 124 cm³/mol. The number of carbonyl (C=O) groups is 2. The Morgan fingerprint density at radius 3 is 2.64 bits per heavy atom. The molecule has 0 aliphatic carbocycles. The van der Waals surface area contributed by atoms with Crippen LogP contribution in [0.3, 0.4) is 0 Å². The quantitative estimate of drug-likeness (QED) is 0.151. The molecule has 36 heavy (non-hydrogen) atoms. The van der Waals surface area contributed by atoms with Crippen LogP contribution in [0.5, 0.6) is 11.6 Å². The van der Waals surface area contributed by atoms with Crippen LogP contribution < -0.4 is 0 Å². The highest BCUT2D eigenvalue weighted by atomic mass is 32.1. The summed E-state index contributed by atoms with van der Waals surface area (Å²) in [7, 11) is 0. The van der Waals surface area contributed by atoms with Gasteiger partial charge in [0.15, 0.2) is 16.6 Å².